The van der Waals surface area contributed by atoms with Crippen LogP contribution in [0.4, 0.5) is 11.5 Å². The summed E-state index contributed by atoms with van der Waals surface area (Å²) in [5, 5.41) is 13.8. The molecule has 1 aromatic carbocycles. The standard InChI is InChI=1S/C22H24N6/c1-2-27-9-11-28(12-10-27)21-8-7-17(14-25-21)15-26-22-18(13-23)16-24-20-6-4-3-5-19(20)22/h3-8,14,16H,2,9-12,15H2,1H3,(H,24,26). The number of fused-ring (bicyclic) bond motifs is 1. The topological polar surface area (TPSA) is 68.1 Å². The van der Waals surface area contributed by atoms with Gasteiger partial charge in [-0.1, -0.05) is 31.2 Å². The molecule has 1 fully saturated rings. The minimum absolute atomic E-state index is 0.553. The van der Waals surface area contributed by atoms with Crippen molar-refractivity contribution in [2.24, 2.45) is 0 Å². The molecule has 0 saturated carbocycles. The van der Waals surface area contributed by atoms with Crippen LogP contribution >= 0.6 is 0 Å². The summed E-state index contributed by atoms with van der Waals surface area (Å²) >= 11 is 0. The number of rotatable bonds is 5. The van der Waals surface area contributed by atoms with Crippen LogP contribution in [0.5, 0.6) is 0 Å². The van der Waals surface area contributed by atoms with Crippen LogP contribution in [0.1, 0.15) is 18.1 Å². The van der Waals surface area contributed by atoms with Gasteiger partial charge in [-0.2, -0.15) is 5.26 Å². The average molecular weight is 372 g/mol. The molecular weight excluding hydrogens is 348 g/mol. The predicted octanol–water partition coefficient (Wildman–Crippen LogP) is 3.26. The molecule has 0 radical (unpaired) electrons. The molecule has 2 aromatic heterocycles. The van der Waals surface area contributed by atoms with Crippen molar-refractivity contribution >= 4 is 22.4 Å². The van der Waals surface area contributed by atoms with Gasteiger partial charge in [0.15, 0.2) is 0 Å². The van der Waals surface area contributed by atoms with Crippen molar-refractivity contribution in [1.29, 1.82) is 5.26 Å². The Morgan fingerprint density at radius 2 is 1.86 bits per heavy atom. The molecule has 0 unspecified atom stereocenters. The molecule has 1 aliphatic heterocycles. The second kappa shape index (κ2) is 8.24. The second-order valence-corrected chi connectivity index (χ2v) is 6.98. The summed E-state index contributed by atoms with van der Waals surface area (Å²) in [5.41, 5.74) is 3.34. The third-order valence-electron chi connectivity index (χ3n) is 5.32. The molecule has 3 aromatic rings. The molecule has 6 nitrogen and oxygen atoms in total. The first-order valence-corrected chi connectivity index (χ1v) is 9.72. The Morgan fingerprint density at radius 1 is 1.04 bits per heavy atom. The SMILES string of the molecule is CCN1CCN(c2ccc(CNc3c(C#N)cnc4ccccc34)cn2)CC1. The molecule has 0 amide bonds. The monoisotopic (exact) mass is 372 g/mol. The maximum atomic E-state index is 9.44. The number of pyridine rings is 2. The lowest BCUT2D eigenvalue weighted by molar-refractivity contribution is 0.270. The number of piperazine rings is 1. The molecule has 3 heterocycles. The summed E-state index contributed by atoms with van der Waals surface area (Å²) in [6, 6.07) is 14.3. The lowest BCUT2D eigenvalue weighted by atomic mass is 10.1. The summed E-state index contributed by atoms with van der Waals surface area (Å²) in [6.45, 7) is 8.15. The number of aromatic nitrogens is 2. The lowest BCUT2D eigenvalue weighted by Crippen LogP contribution is -2.46. The van der Waals surface area contributed by atoms with Gasteiger partial charge in [0, 0.05) is 50.5 Å². The Morgan fingerprint density at radius 3 is 2.57 bits per heavy atom. The van der Waals surface area contributed by atoms with Crippen LogP contribution in [0, 0.1) is 11.3 Å². The molecule has 0 atom stereocenters. The van der Waals surface area contributed by atoms with Crippen molar-refractivity contribution in [1.82, 2.24) is 14.9 Å². The van der Waals surface area contributed by atoms with Crippen molar-refractivity contribution in [3.05, 3.63) is 59.9 Å². The van der Waals surface area contributed by atoms with Gasteiger partial charge in [-0.25, -0.2) is 4.98 Å². The van der Waals surface area contributed by atoms with Gasteiger partial charge in [0.1, 0.15) is 11.9 Å². The predicted molar refractivity (Wildman–Crippen MR) is 112 cm³/mol. The molecule has 0 spiro atoms. The van der Waals surface area contributed by atoms with Gasteiger partial charge < -0.3 is 15.1 Å². The van der Waals surface area contributed by atoms with Gasteiger partial charge in [0.25, 0.3) is 0 Å². The van der Waals surface area contributed by atoms with Crippen molar-refractivity contribution in [3.8, 4) is 6.07 Å². The first-order valence-electron chi connectivity index (χ1n) is 9.72. The fraction of sp³-hybridized carbons (Fsp3) is 0.318. The van der Waals surface area contributed by atoms with E-state index in [2.05, 4.69) is 50.2 Å². The van der Waals surface area contributed by atoms with Gasteiger partial charge >= 0.3 is 0 Å². The van der Waals surface area contributed by atoms with E-state index < -0.39 is 0 Å². The van der Waals surface area contributed by atoms with Crippen LogP contribution in [0.3, 0.4) is 0 Å². The highest BCUT2D eigenvalue weighted by Crippen LogP contribution is 2.26. The summed E-state index contributed by atoms with van der Waals surface area (Å²) in [4.78, 5) is 13.8. The molecule has 4 rings (SSSR count). The number of anilines is 2. The molecule has 28 heavy (non-hydrogen) atoms. The van der Waals surface area contributed by atoms with Crippen LogP contribution in [0.25, 0.3) is 10.9 Å². The molecule has 0 bridgehead atoms. The fourth-order valence-corrected chi connectivity index (χ4v) is 3.61. The lowest BCUT2D eigenvalue weighted by Gasteiger charge is -2.34. The Bertz CT molecular complexity index is 984. The molecule has 1 saturated heterocycles. The van der Waals surface area contributed by atoms with Crippen LogP contribution in [-0.2, 0) is 6.54 Å². The highest BCUT2D eigenvalue weighted by molar-refractivity contribution is 5.93. The van der Waals surface area contributed by atoms with E-state index in [1.807, 2.05) is 30.5 Å². The number of nitriles is 1. The third kappa shape index (κ3) is 3.75. The van der Waals surface area contributed by atoms with Crippen molar-refractivity contribution < 1.29 is 0 Å². The first kappa shape index (κ1) is 18.2. The van der Waals surface area contributed by atoms with Crippen LogP contribution < -0.4 is 10.2 Å². The maximum absolute atomic E-state index is 9.44. The Labute approximate surface area is 165 Å². The van der Waals surface area contributed by atoms with Gasteiger partial charge in [0.2, 0.25) is 0 Å². The quantitative estimate of drug-likeness (QED) is 0.741. The van der Waals surface area contributed by atoms with E-state index in [4.69, 9.17) is 0 Å². The Kier molecular flexibility index (Phi) is 5.36. The van der Waals surface area contributed by atoms with Crippen LogP contribution in [0.15, 0.2) is 48.8 Å². The zero-order chi connectivity index (χ0) is 19.3. The smallest absolute Gasteiger partial charge is 0.128 e. The Balaban J connectivity index is 1.46. The highest BCUT2D eigenvalue weighted by atomic mass is 15.3. The zero-order valence-corrected chi connectivity index (χ0v) is 16.1. The largest absolute Gasteiger partial charge is 0.379 e. The van der Waals surface area contributed by atoms with Gasteiger partial charge in [-0.3, -0.25) is 4.98 Å². The highest BCUT2D eigenvalue weighted by Gasteiger charge is 2.16. The fourth-order valence-electron chi connectivity index (χ4n) is 3.61. The second-order valence-electron chi connectivity index (χ2n) is 6.98. The van der Waals surface area contributed by atoms with Crippen molar-refractivity contribution in [2.45, 2.75) is 13.5 Å². The van der Waals surface area contributed by atoms with E-state index in [0.717, 1.165) is 60.7 Å². The number of likely N-dealkylation sites (N-methyl/N-ethyl adjacent to an activating group) is 1. The Hall–Kier alpha value is -3.17. The van der Waals surface area contributed by atoms with Crippen LogP contribution in [-0.4, -0.2) is 47.6 Å². The summed E-state index contributed by atoms with van der Waals surface area (Å²) in [7, 11) is 0. The van der Waals surface area contributed by atoms with Gasteiger partial charge in [0.05, 0.1) is 16.8 Å². The van der Waals surface area contributed by atoms with E-state index in [1.54, 1.807) is 6.20 Å². The van der Waals surface area contributed by atoms with Gasteiger partial charge in [-0.05, 0) is 24.2 Å². The van der Waals surface area contributed by atoms with Crippen molar-refractivity contribution in [2.75, 3.05) is 42.9 Å². The van der Waals surface area contributed by atoms with Gasteiger partial charge in [-0.15, -0.1) is 0 Å². The number of para-hydroxylation sites is 1. The van der Waals surface area contributed by atoms with Crippen LogP contribution in [0.2, 0.25) is 0 Å². The van der Waals surface area contributed by atoms with Crippen molar-refractivity contribution in [3.63, 3.8) is 0 Å². The average Bonchev–Trinajstić information content (AvgIpc) is 2.77. The maximum Gasteiger partial charge on any atom is 0.128 e. The van der Waals surface area contributed by atoms with E-state index in [1.165, 1.54) is 0 Å². The van der Waals surface area contributed by atoms with E-state index in [9.17, 15) is 5.26 Å². The molecule has 1 aliphatic rings. The van der Waals surface area contributed by atoms with E-state index >= 15 is 0 Å². The number of nitrogens with one attached hydrogen (secondary N) is 1. The minimum atomic E-state index is 0.553. The minimum Gasteiger partial charge on any atom is -0.379 e. The molecule has 1 N–H and O–H groups in total. The van der Waals surface area contributed by atoms with E-state index in [-0.39, 0.29) is 0 Å². The number of hydrogen-bond acceptors (Lipinski definition) is 6. The normalized spacial score (nSPS) is 14.8. The summed E-state index contributed by atoms with van der Waals surface area (Å²) in [5.74, 6) is 1.03. The molecule has 6 heteroatoms. The first-order chi connectivity index (χ1) is 13.8. The number of benzene rings is 1. The third-order valence-corrected chi connectivity index (χ3v) is 5.32. The summed E-state index contributed by atoms with van der Waals surface area (Å²) < 4.78 is 0. The number of nitrogens with zero attached hydrogens (tertiary/aromatic N) is 5. The van der Waals surface area contributed by atoms with E-state index in [0.29, 0.717) is 12.1 Å². The molecular formula is C22H24N6. The molecule has 142 valence electrons. The number of hydrogen-bond donors (Lipinski definition) is 1. The summed E-state index contributed by atoms with van der Waals surface area (Å²) in [6.07, 6.45) is 3.55. The molecule has 0 aliphatic carbocycles. The zero-order valence-electron chi connectivity index (χ0n) is 16.1.